The van der Waals surface area contributed by atoms with Crippen molar-refractivity contribution in [3.8, 4) is 11.5 Å². The number of nitrogens with one attached hydrogen (secondary N) is 1. The summed E-state index contributed by atoms with van der Waals surface area (Å²) in [7, 11) is 0. The van der Waals surface area contributed by atoms with Gasteiger partial charge in [0.1, 0.15) is 13.2 Å². The fourth-order valence-electron chi connectivity index (χ4n) is 4.23. The number of aryl methyl sites for hydroxylation is 1. The number of carbonyl (C=O) groups excluding carboxylic acids is 2. The number of carbonyl (C=O) groups is 2. The van der Waals surface area contributed by atoms with E-state index in [2.05, 4.69) is 5.32 Å². The van der Waals surface area contributed by atoms with Gasteiger partial charge < -0.3 is 19.7 Å². The summed E-state index contributed by atoms with van der Waals surface area (Å²) >= 11 is 6.28. The number of likely N-dealkylation sites (tertiary alicyclic amines) is 1. The molecule has 0 aliphatic carbocycles. The molecule has 1 fully saturated rings. The van der Waals surface area contributed by atoms with Crippen LogP contribution in [0.4, 0.5) is 0 Å². The minimum atomic E-state index is -0.0444. The lowest BCUT2D eigenvalue weighted by Crippen LogP contribution is -2.43. The van der Waals surface area contributed by atoms with E-state index in [4.69, 9.17) is 21.1 Å². The van der Waals surface area contributed by atoms with Crippen LogP contribution < -0.4 is 14.8 Å². The zero-order valence-corrected chi connectivity index (χ0v) is 18.9. The molecule has 0 radical (unpaired) electrons. The van der Waals surface area contributed by atoms with Crippen LogP contribution in [-0.2, 0) is 22.4 Å². The first-order valence-electron chi connectivity index (χ1n) is 11.3. The quantitative estimate of drug-likeness (QED) is 0.690. The van der Waals surface area contributed by atoms with E-state index < -0.39 is 0 Å². The second kappa shape index (κ2) is 10.7. The highest BCUT2D eigenvalue weighted by atomic mass is 35.5. The van der Waals surface area contributed by atoms with E-state index in [1.807, 2.05) is 47.4 Å². The molecule has 2 aromatic rings. The van der Waals surface area contributed by atoms with Crippen LogP contribution in [0.25, 0.3) is 0 Å². The third kappa shape index (κ3) is 5.74. The summed E-state index contributed by atoms with van der Waals surface area (Å²) in [5, 5.41) is 3.57. The van der Waals surface area contributed by atoms with Crippen molar-refractivity contribution in [3.05, 3.63) is 58.6 Å². The fraction of sp³-hybridized carbons (Fsp3) is 0.440. The maximum absolute atomic E-state index is 12.6. The molecule has 0 bridgehead atoms. The Kier molecular flexibility index (Phi) is 7.53. The van der Waals surface area contributed by atoms with Crippen LogP contribution in [0, 0.1) is 5.92 Å². The van der Waals surface area contributed by atoms with E-state index in [-0.39, 0.29) is 17.7 Å². The van der Waals surface area contributed by atoms with Crippen LogP contribution in [0.2, 0.25) is 5.02 Å². The number of ether oxygens (including phenoxy) is 2. The van der Waals surface area contributed by atoms with E-state index >= 15 is 0 Å². The van der Waals surface area contributed by atoms with Crippen LogP contribution >= 0.6 is 11.6 Å². The van der Waals surface area contributed by atoms with Crippen LogP contribution in [0.15, 0.2) is 42.5 Å². The van der Waals surface area contributed by atoms with Crippen molar-refractivity contribution in [2.75, 3.05) is 32.8 Å². The molecule has 0 spiro atoms. The molecule has 6 nitrogen and oxygen atoms in total. The number of benzene rings is 2. The molecule has 7 heteroatoms. The maximum Gasteiger partial charge on any atom is 0.223 e. The molecule has 0 unspecified atom stereocenters. The van der Waals surface area contributed by atoms with Gasteiger partial charge in [-0.05, 0) is 48.9 Å². The van der Waals surface area contributed by atoms with Gasteiger partial charge in [-0.25, -0.2) is 0 Å². The van der Waals surface area contributed by atoms with Crippen molar-refractivity contribution < 1.29 is 19.1 Å². The minimum absolute atomic E-state index is 0.0444. The molecule has 2 aliphatic heterocycles. The first kappa shape index (κ1) is 22.5. The Bertz CT molecular complexity index is 942. The van der Waals surface area contributed by atoms with Gasteiger partial charge in [0, 0.05) is 32.0 Å². The number of hydrogen-bond acceptors (Lipinski definition) is 4. The summed E-state index contributed by atoms with van der Waals surface area (Å²) in [6.45, 7) is 2.83. The first-order valence-corrected chi connectivity index (χ1v) is 11.7. The highest BCUT2D eigenvalue weighted by Crippen LogP contribution is 2.38. The Morgan fingerprint density at radius 3 is 2.53 bits per heavy atom. The summed E-state index contributed by atoms with van der Waals surface area (Å²) in [5.74, 6) is 1.44. The Morgan fingerprint density at radius 1 is 1.00 bits per heavy atom. The Balaban J connectivity index is 1.18. The molecule has 32 heavy (non-hydrogen) atoms. The van der Waals surface area contributed by atoms with Crippen molar-refractivity contribution in [2.24, 2.45) is 5.92 Å². The van der Waals surface area contributed by atoms with Crippen LogP contribution in [-0.4, -0.2) is 49.6 Å². The highest BCUT2D eigenvalue weighted by Gasteiger charge is 2.27. The van der Waals surface area contributed by atoms with Crippen LogP contribution in [0.3, 0.4) is 0 Å². The molecule has 1 saturated heterocycles. The fourth-order valence-corrected chi connectivity index (χ4v) is 4.52. The second-order valence-corrected chi connectivity index (χ2v) is 8.69. The molecule has 2 aromatic carbocycles. The van der Waals surface area contributed by atoms with E-state index in [0.717, 1.165) is 12.0 Å². The highest BCUT2D eigenvalue weighted by molar-refractivity contribution is 6.32. The molecule has 2 aliphatic rings. The lowest BCUT2D eigenvalue weighted by Gasteiger charge is -2.31. The number of amides is 2. The molecule has 0 saturated carbocycles. The normalized spacial score (nSPS) is 16.0. The molecular weight excluding hydrogens is 428 g/mol. The van der Waals surface area contributed by atoms with Gasteiger partial charge in [0.05, 0.1) is 5.02 Å². The Morgan fingerprint density at radius 2 is 1.75 bits per heavy atom. The van der Waals surface area contributed by atoms with Gasteiger partial charge in [-0.1, -0.05) is 41.9 Å². The van der Waals surface area contributed by atoms with Gasteiger partial charge in [-0.15, -0.1) is 0 Å². The number of nitrogens with zero attached hydrogens (tertiary/aromatic N) is 1. The Labute approximate surface area is 193 Å². The topological polar surface area (TPSA) is 67.9 Å². The average molecular weight is 457 g/mol. The van der Waals surface area contributed by atoms with Crippen molar-refractivity contribution in [2.45, 2.75) is 32.1 Å². The third-order valence-electron chi connectivity index (χ3n) is 6.06. The first-order chi connectivity index (χ1) is 15.6. The minimum Gasteiger partial charge on any atom is -0.486 e. The number of hydrogen-bond donors (Lipinski definition) is 1. The molecule has 1 N–H and O–H groups in total. The third-order valence-corrected chi connectivity index (χ3v) is 6.34. The lowest BCUT2D eigenvalue weighted by molar-refractivity contribution is -0.135. The van der Waals surface area contributed by atoms with Crippen LogP contribution in [0.5, 0.6) is 11.5 Å². The molecule has 0 atom stereocenters. The van der Waals surface area contributed by atoms with Gasteiger partial charge in [0.2, 0.25) is 11.8 Å². The smallest absolute Gasteiger partial charge is 0.223 e. The number of fused-ring (bicyclic) bond motifs is 1. The predicted octanol–water partition coefficient (Wildman–Crippen LogP) is 3.64. The van der Waals surface area contributed by atoms with Crippen molar-refractivity contribution in [1.29, 1.82) is 0 Å². The monoisotopic (exact) mass is 456 g/mol. The van der Waals surface area contributed by atoms with Crippen LogP contribution in [0.1, 0.15) is 30.4 Å². The van der Waals surface area contributed by atoms with Crippen molar-refractivity contribution in [3.63, 3.8) is 0 Å². The standard InChI is InChI=1S/C25H29ClN2O4/c26-21-16-19(17-22-24(21)32-15-14-31-22)8-11-27-25(30)20-9-12-28(13-10-20)23(29)7-6-18-4-2-1-3-5-18/h1-5,16-17,20H,6-15H2,(H,27,30). The SMILES string of the molecule is O=C(NCCc1cc(Cl)c2c(c1)OCCO2)C1CCN(C(=O)CCc2ccccc2)CC1. The van der Waals surface area contributed by atoms with Gasteiger partial charge in [0.15, 0.2) is 11.5 Å². The van der Waals surface area contributed by atoms with Gasteiger partial charge in [0.25, 0.3) is 0 Å². The molecule has 0 aromatic heterocycles. The van der Waals surface area contributed by atoms with Crippen molar-refractivity contribution >= 4 is 23.4 Å². The number of rotatable bonds is 7. The summed E-state index contributed by atoms with van der Waals surface area (Å²) in [4.78, 5) is 27.0. The van der Waals surface area contributed by atoms with Gasteiger partial charge in [-0.3, -0.25) is 9.59 Å². The number of halogens is 1. The summed E-state index contributed by atoms with van der Waals surface area (Å²) in [6, 6.07) is 13.8. The molecular formula is C25H29ClN2O4. The largest absolute Gasteiger partial charge is 0.486 e. The zero-order chi connectivity index (χ0) is 22.3. The average Bonchev–Trinajstić information content (AvgIpc) is 2.83. The van der Waals surface area contributed by atoms with E-state index in [1.165, 1.54) is 5.56 Å². The van der Waals surface area contributed by atoms with Gasteiger partial charge in [-0.2, -0.15) is 0 Å². The van der Waals surface area contributed by atoms with E-state index in [9.17, 15) is 9.59 Å². The lowest BCUT2D eigenvalue weighted by atomic mass is 9.95. The molecule has 2 heterocycles. The zero-order valence-electron chi connectivity index (χ0n) is 18.1. The Hall–Kier alpha value is -2.73. The number of piperidine rings is 1. The van der Waals surface area contributed by atoms with E-state index in [1.54, 1.807) is 0 Å². The molecule has 170 valence electrons. The summed E-state index contributed by atoms with van der Waals surface area (Å²) in [6.07, 6.45) is 3.35. The summed E-state index contributed by atoms with van der Waals surface area (Å²) < 4.78 is 11.2. The van der Waals surface area contributed by atoms with Crippen molar-refractivity contribution in [1.82, 2.24) is 10.2 Å². The van der Waals surface area contributed by atoms with Gasteiger partial charge >= 0.3 is 0 Å². The predicted molar refractivity (Wildman–Crippen MR) is 123 cm³/mol. The molecule has 2 amide bonds. The molecule has 4 rings (SSSR count). The second-order valence-electron chi connectivity index (χ2n) is 8.28. The van der Waals surface area contributed by atoms with E-state index in [0.29, 0.717) is 75.1 Å². The summed E-state index contributed by atoms with van der Waals surface area (Å²) in [5.41, 5.74) is 2.17. The maximum atomic E-state index is 12.6.